The van der Waals surface area contributed by atoms with Gasteiger partial charge in [-0.25, -0.2) is 0 Å². The Morgan fingerprint density at radius 1 is 1.07 bits per heavy atom. The second kappa shape index (κ2) is 11.1. The van der Waals surface area contributed by atoms with Gasteiger partial charge < -0.3 is 19.5 Å². The molecule has 2 aromatic carbocycles. The molecule has 0 atom stereocenters. The summed E-state index contributed by atoms with van der Waals surface area (Å²) in [4.78, 5) is 12.6. The number of hydrogen-bond acceptors (Lipinski definition) is 4. The van der Waals surface area contributed by atoms with E-state index in [-0.39, 0.29) is 18.4 Å². The molecule has 6 heteroatoms. The van der Waals surface area contributed by atoms with Crippen molar-refractivity contribution in [3.63, 3.8) is 0 Å². The van der Waals surface area contributed by atoms with Crippen LogP contribution in [0.4, 0.5) is 5.69 Å². The van der Waals surface area contributed by atoms with E-state index in [4.69, 9.17) is 14.2 Å². The van der Waals surface area contributed by atoms with Gasteiger partial charge in [-0.3, -0.25) is 4.79 Å². The fourth-order valence-electron chi connectivity index (χ4n) is 2.63. The molecule has 0 aromatic heterocycles. The van der Waals surface area contributed by atoms with Gasteiger partial charge in [0, 0.05) is 10.2 Å². The summed E-state index contributed by atoms with van der Waals surface area (Å²) >= 11 is 3.53. The molecule has 0 bridgehead atoms. The van der Waals surface area contributed by atoms with Gasteiger partial charge in [0.25, 0.3) is 0 Å². The molecule has 1 N–H and O–H groups in total. The second-order valence-corrected chi connectivity index (χ2v) is 7.40. The van der Waals surface area contributed by atoms with Crippen molar-refractivity contribution >= 4 is 27.5 Å². The van der Waals surface area contributed by atoms with Crippen LogP contribution in [0.1, 0.15) is 38.8 Å². The standard InChI is InChI=1S/C22H28BrNO4/c1-5-26-20-11-17(19(23)13-21(20)27-6-2)12-22(25)24-18-9-7-8-16(10-18)14-28-15(3)4/h7-11,13,15H,5-6,12,14H2,1-4H3,(H,24,25). The van der Waals surface area contributed by atoms with E-state index >= 15 is 0 Å². The van der Waals surface area contributed by atoms with E-state index in [2.05, 4.69) is 21.2 Å². The summed E-state index contributed by atoms with van der Waals surface area (Å²) in [7, 11) is 0. The molecule has 2 aromatic rings. The maximum absolute atomic E-state index is 12.6. The number of carbonyl (C=O) groups is 1. The van der Waals surface area contributed by atoms with Gasteiger partial charge in [0.1, 0.15) is 0 Å². The molecule has 0 radical (unpaired) electrons. The van der Waals surface area contributed by atoms with E-state index in [1.807, 2.05) is 64.1 Å². The maximum Gasteiger partial charge on any atom is 0.228 e. The Morgan fingerprint density at radius 2 is 1.75 bits per heavy atom. The molecule has 28 heavy (non-hydrogen) atoms. The lowest BCUT2D eigenvalue weighted by molar-refractivity contribution is -0.115. The van der Waals surface area contributed by atoms with Crippen LogP contribution in [0.5, 0.6) is 11.5 Å². The first kappa shape index (κ1) is 22.2. The van der Waals surface area contributed by atoms with Crippen LogP contribution in [0.2, 0.25) is 0 Å². The molecule has 0 saturated heterocycles. The van der Waals surface area contributed by atoms with Crippen molar-refractivity contribution in [1.82, 2.24) is 0 Å². The molecule has 0 unspecified atom stereocenters. The highest BCUT2D eigenvalue weighted by molar-refractivity contribution is 9.10. The zero-order valence-corrected chi connectivity index (χ0v) is 18.5. The predicted octanol–water partition coefficient (Wildman–Crippen LogP) is 5.35. The van der Waals surface area contributed by atoms with E-state index in [0.29, 0.717) is 31.3 Å². The number of carbonyl (C=O) groups excluding carboxylic acids is 1. The summed E-state index contributed by atoms with van der Waals surface area (Å²) in [5.74, 6) is 1.20. The lowest BCUT2D eigenvalue weighted by Crippen LogP contribution is -2.15. The van der Waals surface area contributed by atoms with Crippen LogP contribution in [0.15, 0.2) is 40.9 Å². The lowest BCUT2D eigenvalue weighted by atomic mass is 10.1. The van der Waals surface area contributed by atoms with E-state index in [9.17, 15) is 4.79 Å². The van der Waals surface area contributed by atoms with Crippen molar-refractivity contribution < 1.29 is 19.0 Å². The van der Waals surface area contributed by atoms with E-state index in [1.165, 1.54) is 0 Å². The number of ether oxygens (including phenoxy) is 3. The van der Waals surface area contributed by atoms with Gasteiger partial charge in [0.15, 0.2) is 11.5 Å². The Kier molecular flexibility index (Phi) is 8.80. The van der Waals surface area contributed by atoms with Gasteiger partial charge in [-0.05, 0) is 63.1 Å². The molecule has 5 nitrogen and oxygen atoms in total. The summed E-state index contributed by atoms with van der Waals surface area (Å²) in [6, 6.07) is 11.4. The molecule has 0 fully saturated rings. The highest BCUT2D eigenvalue weighted by Crippen LogP contribution is 2.34. The van der Waals surface area contributed by atoms with Gasteiger partial charge in [-0.2, -0.15) is 0 Å². The van der Waals surface area contributed by atoms with Gasteiger partial charge in [0.05, 0.1) is 32.3 Å². The van der Waals surface area contributed by atoms with Crippen LogP contribution in [0.3, 0.4) is 0 Å². The number of halogens is 1. The second-order valence-electron chi connectivity index (χ2n) is 6.54. The predicted molar refractivity (Wildman–Crippen MR) is 115 cm³/mol. The Bertz CT molecular complexity index is 792. The first-order chi connectivity index (χ1) is 13.4. The Balaban J connectivity index is 2.08. The highest BCUT2D eigenvalue weighted by atomic mass is 79.9. The smallest absolute Gasteiger partial charge is 0.228 e. The molecule has 0 heterocycles. The fourth-order valence-corrected chi connectivity index (χ4v) is 3.09. The van der Waals surface area contributed by atoms with Crippen molar-refractivity contribution in [2.24, 2.45) is 0 Å². The molecule has 0 aliphatic heterocycles. The first-order valence-corrected chi connectivity index (χ1v) is 10.3. The SMILES string of the molecule is CCOc1cc(Br)c(CC(=O)Nc2cccc(COC(C)C)c2)cc1OCC. The lowest BCUT2D eigenvalue weighted by Gasteiger charge is -2.14. The summed E-state index contributed by atoms with van der Waals surface area (Å²) in [6.07, 6.45) is 0.384. The molecule has 0 saturated carbocycles. The van der Waals surface area contributed by atoms with E-state index in [0.717, 1.165) is 21.3 Å². The first-order valence-electron chi connectivity index (χ1n) is 9.51. The Labute approximate surface area is 175 Å². The average Bonchev–Trinajstić information content (AvgIpc) is 2.64. The van der Waals surface area contributed by atoms with Gasteiger partial charge in [-0.15, -0.1) is 0 Å². The summed E-state index contributed by atoms with van der Waals surface area (Å²) < 4.78 is 17.7. The number of amides is 1. The van der Waals surface area contributed by atoms with Crippen LogP contribution >= 0.6 is 15.9 Å². The van der Waals surface area contributed by atoms with Crippen LogP contribution in [-0.4, -0.2) is 25.2 Å². The summed E-state index contributed by atoms with van der Waals surface area (Å²) in [5.41, 5.74) is 2.61. The van der Waals surface area contributed by atoms with Crippen LogP contribution in [0.25, 0.3) is 0 Å². The van der Waals surface area contributed by atoms with Gasteiger partial charge in [0.2, 0.25) is 5.91 Å². The van der Waals surface area contributed by atoms with Crippen LogP contribution < -0.4 is 14.8 Å². The molecule has 0 aliphatic carbocycles. The minimum absolute atomic E-state index is 0.103. The fraction of sp³-hybridized carbons (Fsp3) is 0.409. The number of nitrogens with one attached hydrogen (secondary N) is 1. The minimum Gasteiger partial charge on any atom is -0.490 e. The zero-order valence-electron chi connectivity index (χ0n) is 16.9. The monoisotopic (exact) mass is 449 g/mol. The number of hydrogen-bond donors (Lipinski definition) is 1. The molecule has 0 aliphatic rings. The third kappa shape index (κ3) is 6.84. The molecule has 0 spiro atoms. The summed E-state index contributed by atoms with van der Waals surface area (Å²) in [5, 5.41) is 2.95. The Hall–Kier alpha value is -2.05. The molecular weight excluding hydrogens is 422 g/mol. The van der Waals surface area contributed by atoms with Gasteiger partial charge in [-0.1, -0.05) is 28.1 Å². The van der Waals surface area contributed by atoms with E-state index in [1.54, 1.807) is 0 Å². The van der Waals surface area contributed by atoms with Crippen molar-refractivity contribution in [3.8, 4) is 11.5 Å². The Morgan fingerprint density at radius 3 is 2.39 bits per heavy atom. The largest absolute Gasteiger partial charge is 0.490 e. The molecular formula is C22H28BrNO4. The van der Waals surface area contributed by atoms with Crippen molar-refractivity contribution in [2.75, 3.05) is 18.5 Å². The quantitative estimate of drug-likeness (QED) is 0.530. The summed E-state index contributed by atoms with van der Waals surface area (Å²) in [6.45, 7) is 9.42. The van der Waals surface area contributed by atoms with Crippen molar-refractivity contribution in [1.29, 1.82) is 0 Å². The molecule has 2 rings (SSSR count). The van der Waals surface area contributed by atoms with Crippen LogP contribution in [0, 0.1) is 0 Å². The third-order valence-electron chi connectivity index (χ3n) is 3.86. The highest BCUT2D eigenvalue weighted by Gasteiger charge is 2.14. The minimum atomic E-state index is -0.103. The zero-order chi connectivity index (χ0) is 20.5. The normalized spacial score (nSPS) is 10.8. The third-order valence-corrected chi connectivity index (χ3v) is 4.60. The van der Waals surface area contributed by atoms with Crippen LogP contribution in [-0.2, 0) is 22.6 Å². The van der Waals surface area contributed by atoms with Crippen molar-refractivity contribution in [2.45, 2.75) is 46.8 Å². The van der Waals surface area contributed by atoms with Gasteiger partial charge >= 0.3 is 0 Å². The molecule has 1 amide bonds. The maximum atomic E-state index is 12.6. The molecule has 152 valence electrons. The van der Waals surface area contributed by atoms with E-state index < -0.39 is 0 Å². The number of rotatable bonds is 10. The number of benzene rings is 2. The van der Waals surface area contributed by atoms with Crippen molar-refractivity contribution in [3.05, 3.63) is 52.0 Å². The number of anilines is 1. The topological polar surface area (TPSA) is 56.8 Å². The average molecular weight is 450 g/mol.